The Morgan fingerprint density at radius 1 is 1.19 bits per heavy atom. The van der Waals surface area contributed by atoms with Crippen molar-refractivity contribution in [2.45, 2.75) is 6.92 Å². The highest BCUT2D eigenvalue weighted by molar-refractivity contribution is 7.11. The molecule has 5 heteroatoms. The summed E-state index contributed by atoms with van der Waals surface area (Å²) in [5.74, 6) is 0. The summed E-state index contributed by atoms with van der Waals surface area (Å²) in [6.07, 6.45) is 3.95. The van der Waals surface area contributed by atoms with Crippen LogP contribution in [0.2, 0.25) is 0 Å². The van der Waals surface area contributed by atoms with Crippen LogP contribution in [0, 0.1) is 17.0 Å². The normalized spacial score (nSPS) is 11.3. The van der Waals surface area contributed by atoms with Gasteiger partial charge in [0, 0.05) is 10.9 Å². The molecule has 3 rings (SSSR count). The number of non-ortho nitro benzene ring substituents is 1. The maximum absolute atomic E-state index is 11.0. The highest BCUT2D eigenvalue weighted by Gasteiger charge is 2.11. The molecule has 4 nitrogen and oxygen atoms in total. The van der Waals surface area contributed by atoms with E-state index in [1.165, 1.54) is 16.5 Å². The first-order valence-electron chi connectivity index (χ1n) is 6.41. The number of pyridine rings is 1. The van der Waals surface area contributed by atoms with Gasteiger partial charge in [0.2, 0.25) is 0 Å². The SMILES string of the molecule is Cc1ccsc1/C=C/c1ccc2c([N+](=O)[O-])cccc2n1. The van der Waals surface area contributed by atoms with Crippen LogP contribution in [0.1, 0.15) is 16.1 Å². The fourth-order valence-electron chi connectivity index (χ4n) is 2.12. The summed E-state index contributed by atoms with van der Waals surface area (Å²) >= 11 is 1.67. The molecule has 0 radical (unpaired) electrons. The van der Waals surface area contributed by atoms with E-state index < -0.39 is 0 Å². The van der Waals surface area contributed by atoms with E-state index in [9.17, 15) is 10.1 Å². The van der Waals surface area contributed by atoms with Crippen LogP contribution in [0.3, 0.4) is 0 Å². The first kappa shape index (κ1) is 13.5. The van der Waals surface area contributed by atoms with E-state index in [1.54, 1.807) is 35.6 Å². The predicted molar refractivity (Wildman–Crippen MR) is 86.4 cm³/mol. The van der Waals surface area contributed by atoms with Gasteiger partial charge in [0.05, 0.1) is 21.5 Å². The Bertz CT molecular complexity index is 852. The molecule has 0 fully saturated rings. The maximum atomic E-state index is 11.0. The molecule has 0 saturated carbocycles. The molecule has 1 aromatic carbocycles. The number of aryl methyl sites for hydroxylation is 1. The van der Waals surface area contributed by atoms with Crippen molar-refractivity contribution in [3.8, 4) is 0 Å². The minimum Gasteiger partial charge on any atom is -0.258 e. The van der Waals surface area contributed by atoms with E-state index in [4.69, 9.17) is 0 Å². The van der Waals surface area contributed by atoms with E-state index in [2.05, 4.69) is 18.0 Å². The number of nitro benzene ring substituents is 1. The lowest BCUT2D eigenvalue weighted by atomic mass is 10.1. The average molecular weight is 296 g/mol. The monoisotopic (exact) mass is 296 g/mol. The Balaban J connectivity index is 2.00. The lowest BCUT2D eigenvalue weighted by Crippen LogP contribution is -1.91. The van der Waals surface area contributed by atoms with Gasteiger partial charge in [-0.05, 0) is 54.3 Å². The fraction of sp³-hybridized carbons (Fsp3) is 0.0625. The number of nitrogens with zero attached hydrogens (tertiary/aromatic N) is 2. The second kappa shape index (κ2) is 5.46. The average Bonchev–Trinajstić information content (AvgIpc) is 2.89. The van der Waals surface area contributed by atoms with Gasteiger partial charge in [-0.1, -0.05) is 6.07 Å². The third-order valence-electron chi connectivity index (χ3n) is 3.23. The van der Waals surface area contributed by atoms with Crippen LogP contribution in [-0.2, 0) is 0 Å². The summed E-state index contributed by atoms with van der Waals surface area (Å²) in [4.78, 5) is 16.3. The standard InChI is InChI=1S/C16H12N2O2S/c1-11-9-10-21-16(11)8-6-12-5-7-13-14(17-12)3-2-4-15(13)18(19)20/h2-10H,1H3/b8-6+. The van der Waals surface area contributed by atoms with Gasteiger partial charge in [-0.25, -0.2) is 4.98 Å². The molecule has 0 N–H and O–H groups in total. The van der Waals surface area contributed by atoms with Crippen LogP contribution >= 0.6 is 11.3 Å². The first-order chi connectivity index (χ1) is 10.1. The van der Waals surface area contributed by atoms with Crippen molar-refractivity contribution < 1.29 is 4.92 Å². The molecule has 104 valence electrons. The predicted octanol–water partition coefficient (Wildman–Crippen LogP) is 4.68. The highest BCUT2D eigenvalue weighted by Crippen LogP contribution is 2.25. The molecule has 2 aromatic heterocycles. The lowest BCUT2D eigenvalue weighted by molar-refractivity contribution is -0.383. The third kappa shape index (κ3) is 2.68. The Morgan fingerprint density at radius 2 is 2.05 bits per heavy atom. The number of hydrogen-bond acceptors (Lipinski definition) is 4. The summed E-state index contributed by atoms with van der Waals surface area (Å²) in [6, 6.07) is 10.6. The van der Waals surface area contributed by atoms with E-state index in [0.29, 0.717) is 10.9 Å². The summed E-state index contributed by atoms with van der Waals surface area (Å²) in [5.41, 5.74) is 2.74. The number of rotatable bonds is 3. The second-order valence-electron chi connectivity index (χ2n) is 4.64. The van der Waals surface area contributed by atoms with Crippen molar-refractivity contribution in [1.82, 2.24) is 4.98 Å². The molecule has 0 aliphatic carbocycles. The fourth-order valence-corrected chi connectivity index (χ4v) is 2.94. The van der Waals surface area contributed by atoms with Crippen molar-refractivity contribution in [2.75, 3.05) is 0 Å². The van der Waals surface area contributed by atoms with Crippen LogP contribution in [0.15, 0.2) is 41.8 Å². The summed E-state index contributed by atoms with van der Waals surface area (Å²) in [6.45, 7) is 2.06. The van der Waals surface area contributed by atoms with Gasteiger partial charge in [0.25, 0.3) is 5.69 Å². The van der Waals surface area contributed by atoms with E-state index in [1.807, 2.05) is 17.5 Å². The largest absolute Gasteiger partial charge is 0.278 e. The maximum Gasteiger partial charge on any atom is 0.278 e. The summed E-state index contributed by atoms with van der Waals surface area (Å²) in [7, 11) is 0. The van der Waals surface area contributed by atoms with Gasteiger partial charge in [0.15, 0.2) is 0 Å². The lowest BCUT2D eigenvalue weighted by Gasteiger charge is -2.00. The molecule has 0 spiro atoms. The molecule has 3 aromatic rings. The molecule has 0 aliphatic rings. The van der Waals surface area contributed by atoms with Crippen LogP contribution < -0.4 is 0 Å². The van der Waals surface area contributed by atoms with Crippen molar-refractivity contribution in [2.24, 2.45) is 0 Å². The zero-order valence-corrected chi connectivity index (χ0v) is 12.1. The summed E-state index contributed by atoms with van der Waals surface area (Å²) < 4.78 is 0. The van der Waals surface area contributed by atoms with Gasteiger partial charge in [0.1, 0.15) is 0 Å². The van der Waals surface area contributed by atoms with Gasteiger partial charge >= 0.3 is 0 Å². The molecule has 21 heavy (non-hydrogen) atoms. The number of fused-ring (bicyclic) bond motifs is 1. The number of thiophene rings is 1. The molecule has 2 heterocycles. The van der Waals surface area contributed by atoms with Crippen molar-refractivity contribution in [3.05, 3.63) is 68.0 Å². The number of hydrogen-bond donors (Lipinski definition) is 0. The molecule has 0 bridgehead atoms. The van der Waals surface area contributed by atoms with Gasteiger partial charge in [-0.2, -0.15) is 0 Å². The Morgan fingerprint density at radius 3 is 2.76 bits per heavy atom. The van der Waals surface area contributed by atoms with Gasteiger partial charge in [-0.3, -0.25) is 10.1 Å². The molecular weight excluding hydrogens is 284 g/mol. The smallest absolute Gasteiger partial charge is 0.258 e. The zero-order valence-electron chi connectivity index (χ0n) is 11.3. The van der Waals surface area contributed by atoms with Crippen LogP contribution in [0.5, 0.6) is 0 Å². The Kier molecular flexibility index (Phi) is 3.50. The zero-order chi connectivity index (χ0) is 14.8. The quantitative estimate of drug-likeness (QED) is 0.520. The molecular formula is C16H12N2O2S. The first-order valence-corrected chi connectivity index (χ1v) is 7.29. The number of nitro groups is 1. The van der Waals surface area contributed by atoms with Crippen molar-refractivity contribution in [1.29, 1.82) is 0 Å². The molecule has 0 amide bonds. The summed E-state index contributed by atoms with van der Waals surface area (Å²) in [5, 5.41) is 13.6. The minimum atomic E-state index is -0.380. The second-order valence-corrected chi connectivity index (χ2v) is 5.59. The van der Waals surface area contributed by atoms with Crippen LogP contribution in [-0.4, -0.2) is 9.91 Å². The van der Waals surface area contributed by atoms with Crippen LogP contribution in [0.4, 0.5) is 5.69 Å². The number of benzene rings is 1. The Hall–Kier alpha value is -2.53. The minimum absolute atomic E-state index is 0.0876. The van der Waals surface area contributed by atoms with Gasteiger partial charge < -0.3 is 0 Å². The third-order valence-corrected chi connectivity index (χ3v) is 4.22. The molecule has 0 unspecified atom stereocenters. The van der Waals surface area contributed by atoms with Gasteiger partial charge in [-0.15, -0.1) is 11.3 Å². The van der Waals surface area contributed by atoms with Crippen LogP contribution in [0.25, 0.3) is 23.1 Å². The van der Waals surface area contributed by atoms with E-state index >= 15 is 0 Å². The topological polar surface area (TPSA) is 56.0 Å². The molecule has 0 atom stereocenters. The molecule has 0 aliphatic heterocycles. The Labute approximate surface area is 125 Å². The molecule has 0 saturated heterocycles. The van der Waals surface area contributed by atoms with Crippen molar-refractivity contribution >= 4 is 40.1 Å². The van der Waals surface area contributed by atoms with Crippen molar-refractivity contribution in [3.63, 3.8) is 0 Å². The highest BCUT2D eigenvalue weighted by atomic mass is 32.1. The van der Waals surface area contributed by atoms with E-state index in [-0.39, 0.29) is 10.6 Å². The number of aromatic nitrogens is 1. The van der Waals surface area contributed by atoms with E-state index in [0.717, 1.165) is 5.69 Å².